The van der Waals surface area contributed by atoms with E-state index >= 15 is 0 Å². The molecular formula is C11H10BrClF2O. The summed E-state index contributed by atoms with van der Waals surface area (Å²) in [6.07, 6.45) is -2.58. The lowest BCUT2D eigenvalue weighted by molar-refractivity contribution is 0.0994. The van der Waals surface area contributed by atoms with Crippen molar-refractivity contribution in [2.45, 2.75) is 24.1 Å². The maximum Gasteiger partial charge on any atom is 0.263 e. The molecule has 0 saturated heterocycles. The van der Waals surface area contributed by atoms with Crippen LogP contribution in [-0.4, -0.2) is 10.6 Å². The Morgan fingerprint density at radius 3 is 2.56 bits per heavy atom. The molecule has 0 amide bonds. The van der Waals surface area contributed by atoms with Gasteiger partial charge in [-0.2, -0.15) is 0 Å². The zero-order valence-corrected chi connectivity index (χ0v) is 10.9. The van der Waals surface area contributed by atoms with E-state index < -0.39 is 11.3 Å². The quantitative estimate of drug-likeness (QED) is 0.597. The summed E-state index contributed by atoms with van der Waals surface area (Å²) in [6, 6.07) is 3.97. The second kappa shape index (κ2) is 5.73. The van der Waals surface area contributed by atoms with Gasteiger partial charge in [0.15, 0.2) is 5.78 Å². The van der Waals surface area contributed by atoms with Crippen LogP contribution in [0.25, 0.3) is 0 Å². The van der Waals surface area contributed by atoms with E-state index in [0.717, 1.165) is 0 Å². The molecule has 1 unspecified atom stereocenters. The Morgan fingerprint density at radius 2 is 2.12 bits per heavy atom. The molecule has 1 rings (SSSR count). The third-order valence-electron chi connectivity index (χ3n) is 2.16. The van der Waals surface area contributed by atoms with E-state index in [1.165, 1.54) is 18.2 Å². The van der Waals surface area contributed by atoms with Crippen molar-refractivity contribution in [3.05, 3.63) is 34.9 Å². The number of ketones is 1. The summed E-state index contributed by atoms with van der Waals surface area (Å²) in [5.41, 5.74) is 0.671. The Labute approximate surface area is 106 Å². The zero-order valence-electron chi connectivity index (χ0n) is 8.51. The summed E-state index contributed by atoms with van der Waals surface area (Å²) in [5, 5.41) is 0. The van der Waals surface area contributed by atoms with Crippen molar-refractivity contribution in [3.63, 3.8) is 0 Å². The summed E-state index contributed by atoms with van der Waals surface area (Å²) in [6.45, 7) is 1.65. The van der Waals surface area contributed by atoms with Crippen molar-refractivity contribution in [2.24, 2.45) is 0 Å². The Hall–Kier alpha value is -0.480. The van der Waals surface area contributed by atoms with Gasteiger partial charge in [0.25, 0.3) is 6.43 Å². The molecule has 16 heavy (non-hydrogen) atoms. The van der Waals surface area contributed by atoms with E-state index in [0.29, 0.717) is 5.56 Å². The second-order valence-electron chi connectivity index (χ2n) is 3.33. The minimum atomic E-state index is -2.58. The number of hydrogen-bond acceptors (Lipinski definition) is 1. The lowest BCUT2D eigenvalue weighted by Gasteiger charge is -2.10. The lowest BCUT2D eigenvalue weighted by atomic mass is 10.00. The van der Waals surface area contributed by atoms with Gasteiger partial charge in [0.2, 0.25) is 0 Å². The average molecular weight is 312 g/mol. The van der Waals surface area contributed by atoms with Gasteiger partial charge in [-0.05, 0) is 18.6 Å². The minimum Gasteiger partial charge on any atom is -0.293 e. The average Bonchev–Trinajstić information content (AvgIpc) is 2.26. The fourth-order valence-corrected chi connectivity index (χ4v) is 1.77. The first-order valence-electron chi connectivity index (χ1n) is 4.62. The van der Waals surface area contributed by atoms with E-state index in [9.17, 15) is 13.6 Å². The summed E-state index contributed by atoms with van der Waals surface area (Å²) in [4.78, 5) is 11.3. The van der Waals surface area contributed by atoms with Crippen LogP contribution in [0.4, 0.5) is 8.78 Å². The van der Waals surface area contributed by atoms with Gasteiger partial charge in [-0.3, -0.25) is 4.79 Å². The number of halogens is 4. The highest BCUT2D eigenvalue weighted by Crippen LogP contribution is 2.24. The van der Waals surface area contributed by atoms with Crippen LogP contribution in [0.5, 0.6) is 0 Å². The molecule has 88 valence electrons. The van der Waals surface area contributed by atoms with Crippen LogP contribution >= 0.6 is 27.5 Å². The molecule has 1 aromatic carbocycles. The molecule has 0 radical (unpaired) electrons. The van der Waals surface area contributed by atoms with Crippen molar-refractivity contribution in [2.75, 3.05) is 0 Å². The second-order valence-corrected chi connectivity index (χ2v) is 4.97. The topological polar surface area (TPSA) is 17.1 Å². The number of hydrogen-bond donors (Lipinski definition) is 0. The van der Waals surface area contributed by atoms with Crippen molar-refractivity contribution < 1.29 is 13.6 Å². The molecule has 0 heterocycles. The van der Waals surface area contributed by atoms with Crippen molar-refractivity contribution in [1.29, 1.82) is 0 Å². The molecule has 1 nitrogen and oxygen atoms in total. The van der Waals surface area contributed by atoms with Crippen LogP contribution in [0.2, 0.25) is 0 Å². The van der Waals surface area contributed by atoms with E-state index in [-0.39, 0.29) is 22.8 Å². The molecule has 0 fully saturated rings. The molecule has 0 bridgehead atoms. The maximum atomic E-state index is 12.5. The highest BCUT2D eigenvalue weighted by molar-refractivity contribution is 9.10. The smallest absolute Gasteiger partial charge is 0.263 e. The molecule has 0 saturated carbocycles. The van der Waals surface area contributed by atoms with E-state index in [1.54, 1.807) is 6.92 Å². The first-order chi connectivity index (χ1) is 7.47. The van der Waals surface area contributed by atoms with Crippen LogP contribution < -0.4 is 0 Å². The SMILES string of the molecule is CC(Br)C(=O)c1cc(C(F)F)ccc1CCl. The highest BCUT2D eigenvalue weighted by atomic mass is 79.9. The molecule has 1 aromatic rings. The number of carbonyl (C=O) groups is 1. The summed E-state index contributed by atoms with van der Waals surface area (Å²) in [7, 11) is 0. The fourth-order valence-electron chi connectivity index (χ4n) is 1.29. The molecule has 0 aliphatic rings. The lowest BCUT2D eigenvalue weighted by Crippen LogP contribution is -2.12. The van der Waals surface area contributed by atoms with Crippen LogP contribution in [0.15, 0.2) is 18.2 Å². The molecular weight excluding hydrogens is 301 g/mol. The molecule has 0 aliphatic carbocycles. The summed E-state index contributed by atoms with van der Waals surface area (Å²) < 4.78 is 25.0. The van der Waals surface area contributed by atoms with Gasteiger partial charge in [0.05, 0.1) is 4.83 Å². The van der Waals surface area contributed by atoms with E-state index in [1.807, 2.05) is 0 Å². The van der Waals surface area contributed by atoms with E-state index in [2.05, 4.69) is 15.9 Å². The number of benzene rings is 1. The highest BCUT2D eigenvalue weighted by Gasteiger charge is 2.18. The number of rotatable bonds is 4. The third-order valence-corrected chi connectivity index (χ3v) is 2.86. The molecule has 0 N–H and O–H groups in total. The first kappa shape index (κ1) is 13.6. The predicted molar refractivity (Wildman–Crippen MR) is 63.7 cm³/mol. The predicted octanol–water partition coefficient (Wildman–Crippen LogP) is 4.33. The van der Waals surface area contributed by atoms with Gasteiger partial charge >= 0.3 is 0 Å². The molecule has 0 spiro atoms. The van der Waals surface area contributed by atoms with E-state index in [4.69, 9.17) is 11.6 Å². The first-order valence-corrected chi connectivity index (χ1v) is 6.07. The van der Waals surface area contributed by atoms with Gasteiger partial charge in [-0.1, -0.05) is 28.1 Å². The third kappa shape index (κ3) is 3.01. The molecule has 0 aromatic heterocycles. The Morgan fingerprint density at radius 1 is 1.50 bits per heavy atom. The van der Waals surface area contributed by atoms with Gasteiger partial charge in [0, 0.05) is 17.0 Å². The molecule has 0 aliphatic heterocycles. The van der Waals surface area contributed by atoms with Crippen molar-refractivity contribution in [1.82, 2.24) is 0 Å². The van der Waals surface area contributed by atoms with Crippen LogP contribution in [0, 0.1) is 0 Å². The normalized spacial score (nSPS) is 12.9. The Bertz CT molecular complexity index is 394. The largest absolute Gasteiger partial charge is 0.293 e. The van der Waals surface area contributed by atoms with Gasteiger partial charge in [-0.25, -0.2) is 8.78 Å². The van der Waals surface area contributed by atoms with Crippen LogP contribution in [0.3, 0.4) is 0 Å². The van der Waals surface area contributed by atoms with Gasteiger partial charge < -0.3 is 0 Å². The fraction of sp³-hybridized carbons (Fsp3) is 0.364. The standard InChI is InChI=1S/C11H10BrClF2O/c1-6(12)10(16)9-4-7(11(14)15)2-3-8(9)5-13/h2-4,6,11H,5H2,1H3. The number of Topliss-reactive ketones (excluding diaryl/α,β-unsaturated/α-hetero) is 1. The maximum absolute atomic E-state index is 12.5. The van der Waals surface area contributed by atoms with Gasteiger partial charge in [-0.15, -0.1) is 11.6 Å². The Kier molecular flexibility index (Phi) is 4.87. The molecule has 5 heteroatoms. The van der Waals surface area contributed by atoms with Crippen LogP contribution in [-0.2, 0) is 5.88 Å². The Balaban J connectivity index is 3.22. The van der Waals surface area contributed by atoms with Gasteiger partial charge in [0.1, 0.15) is 0 Å². The van der Waals surface area contributed by atoms with Crippen LogP contribution in [0.1, 0.15) is 34.8 Å². The monoisotopic (exact) mass is 310 g/mol. The molecule has 1 atom stereocenters. The summed E-state index contributed by atoms with van der Waals surface area (Å²) in [5.74, 6) is -0.109. The minimum absolute atomic E-state index is 0.129. The summed E-state index contributed by atoms with van der Waals surface area (Å²) >= 11 is 8.78. The zero-order chi connectivity index (χ0) is 12.3. The number of alkyl halides is 4. The van der Waals surface area contributed by atoms with Crippen molar-refractivity contribution >= 4 is 33.3 Å². The number of carbonyl (C=O) groups excluding carboxylic acids is 1. The van der Waals surface area contributed by atoms with Crippen molar-refractivity contribution in [3.8, 4) is 0 Å².